The maximum absolute atomic E-state index is 10.6. The smallest absolute Gasteiger partial charge is 0.142 e. The second-order valence-electron chi connectivity index (χ2n) is 3.50. The van der Waals surface area contributed by atoms with E-state index in [1.54, 1.807) is 6.92 Å². The Kier molecular flexibility index (Phi) is 6.44. The lowest BCUT2D eigenvalue weighted by atomic mass is 10.0. The first-order valence-corrected chi connectivity index (χ1v) is 5.97. The topological polar surface area (TPSA) is 34.1 Å². The maximum atomic E-state index is 10.6. The standard InChI is InChI=1S/C9H20O2S/c1-4-5-6-7-8(2)9(3)12(10)11/h8-9,12H,4-7H2,1-3H3. The molecule has 0 heterocycles. The molecule has 0 spiro atoms. The van der Waals surface area contributed by atoms with Crippen molar-refractivity contribution in [3.63, 3.8) is 0 Å². The van der Waals surface area contributed by atoms with Crippen molar-refractivity contribution in [2.24, 2.45) is 5.92 Å². The summed E-state index contributed by atoms with van der Waals surface area (Å²) in [5.41, 5.74) is 0. The van der Waals surface area contributed by atoms with Gasteiger partial charge in [0.1, 0.15) is 10.7 Å². The number of unbranched alkanes of at least 4 members (excludes halogenated alkanes) is 2. The van der Waals surface area contributed by atoms with E-state index in [4.69, 9.17) is 0 Å². The Morgan fingerprint density at radius 3 is 2.17 bits per heavy atom. The van der Waals surface area contributed by atoms with Gasteiger partial charge in [-0.05, 0) is 19.3 Å². The minimum absolute atomic E-state index is 0.156. The van der Waals surface area contributed by atoms with Crippen LogP contribution >= 0.6 is 0 Å². The zero-order chi connectivity index (χ0) is 9.56. The van der Waals surface area contributed by atoms with Crippen molar-refractivity contribution in [2.75, 3.05) is 0 Å². The quantitative estimate of drug-likeness (QED) is 0.517. The van der Waals surface area contributed by atoms with Gasteiger partial charge in [-0.2, -0.15) is 0 Å². The Balaban J connectivity index is 3.64. The highest BCUT2D eigenvalue weighted by Gasteiger charge is 2.13. The number of rotatable bonds is 6. The summed E-state index contributed by atoms with van der Waals surface area (Å²) in [7, 11) is -2.22. The lowest BCUT2D eigenvalue weighted by molar-refractivity contribution is 0.475. The molecule has 0 aliphatic heterocycles. The van der Waals surface area contributed by atoms with Crippen LogP contribution in [0.5, 0.6) is 0 Å². The molecule has 74 valence electrons. The summed E-state index contributed by atoms with van der Waals surface area (Å²) >= 11 is 0. The molecule has 0 aliphatic rings. The molecule has 0 fully saturated rings. The van der Waals surface area contributed by atoms with Crippen LogP contribution in [0.15, 0.2) is 0 Å². The zero-order valence-corrected chi connectivity index (χ0v) is 9.14. The van der Waals surface area contributed by atoms with Gasteiger partial charge in [-0.15, -0.1) is 0 Å². The summed E-state index contributed by atoms with van der Waals surface area (Å²) in [4.78, 5) is 0. The highest BCUT2D eigenvalue weighted by atomic mass is 32.2. The summed E-state index contributed by atoms with van der Waals surface area (Å²) in [6, 6.07) is 0. The third-order valence-electron chi connectivity index (χ3n) is 2.42. The van der Waals surface area contributed by atoms with Gasteiger partial charge in [0, 0.05) is 0 Å². The number of thiol groups is 1. The van der Waals surface area contributed by atoms with E-state index >= 15 is 0 Å². The molecule has 0 N–H and O–H groups in total. The molecule has 0 aromatic rings. The molecule has 0 aromatic carbocycles. The molecule has 0 rings (SSSR count). The lowest BCUT2D eigenvalue weighted by Crippen LogP contribution is -2.15. The number of hydrogen-bond donors (Lipinski definition) is 1. The van der Waals surface area contributed by atoms with Gasteiger partial charge in [-0.25, -0.2) is 8.42 Å². The first-order chi connectivity index (χ1) is 5.59. The van der Waals surface area contributed by atoms with E-state index in [-0.39, 0.29) is 5.25 Å². The Hall–Kier alpha value is -0.0500. The minimum atomic E-state index is -2.22. The van der Waals surface area contributed by atoms with Gasteiger partial charge in [0.15, 0.2) is 0 Å². The molecule has 0 aromatic heterocycles. The van der Waals surface area contributed by atoms with E-state index in [1.807, 2.05) is 6.92 Å². The molecular formula is C9H20O2S. The fourth-order valence-electron chi connectivity index (χ4n) is 1.17. The fourth-order valence-corrected chi connectivity index (χ4v) is 1.73. The van der Waals surface area contributed by atoms with Crippen molar-refractivity contribution < 1.29 is 8.42 Å². The van der Waals surface area contributed by atoms with E-state index in [0.29, 0.717) is 5.92 Å². The first-order valence-electron chi connectivity index (χ1n) is 4.73. The predicted octanol–water partition coefficient (Wildman–Crippen LogP) is 2.20. The molecule has 0 saturated heterocycles. The third-order valence-corrected chi connectivity index (χ3v) is 3.59. The van der Waals surface area contributed by atoms with Crippen molar-refractivity contribution in [3.05, 3.63) is 0 Å². The summed E-state index contributed by atoms with van der Waals surface area (Å²) in [5, 5.41) is -0.156. The minimum Gasteiger partial charge on any atom is -0.232 e. The predicted molar refractivity (Wildman–Crippen MR) is 53.1 cm³/mol. The molecule has 2 unspecified atom stereocenters. The molecule has 0 bridgehead atoms. The second-order valence-corrected chi connectivity index (χ2v) is 4.88. The zero-order valence-electron chi connectivity index (χ0n) is 8.25. The van der Waals surface area contributed by atoms with Crippen LogP contribution in [0.1, 0.15) is 46.5 Å². The average Bonchev–Trinajstić information content (AvgIpc) is 2.03. The Labute approximate surface area is 77.3 Å². The van der Waals surface area contributed by atoms with Crippen LogP contribution in [0.4, 0.5) is 0 Å². The van der Waals surface area contributed by atoms with Gasteiger partial charge >= 0.3 is 0 Å². The van der Waals surface area contributed by atoms with Gasteiger partial charge in [0.2, 0.25) is 0 Å². The van der Waals surface area contributed by atoms with Crippen LogP contribution in [-0.4, -0.2) is 13.7 Å². The first kappa shape index (κ1) is 11.9. The highest BCUT2D eigenvalue weighted by molar-refractivity contribution is 7.73. The molecular weight excluding hydrogens is 172 g/mol. The average molecular weight is 192 g/mol. The molecule has 3 heteroatoms. The van der Waals surface area contributed by atoms with Crippen LogP contribution in [0.2, 0.25) is 0 Å². The number of hydrogen-bond acceptors (Lipinski definition) is 2. The van der Waals surface area contributed by atoms with Crippen molar-refractivity contribution in [3.8, 4) is 0 Å². The maximum Gasteiger partial charge on any atom is 0.142 e. The van der Waals surface area contributed by atoms with Gasteiger partial charge < -0.3 is 0 Å². The Bertz CT molecular complexity index is 167. The van der Waals surface area contributed by atoms with Crippen LogP contribution < -0.4 is 0 Å². The van der Waals surface area contributed by atoms with Crippen LogP contribution in [-0.2, 0) is 10.7 Å². The molecule has 0 radical (unpaired) electrons. The molecule has 2 nitrogen and oxygen atoms in total. The van der Waals surface area contributed by atoms with Gasteiger partial charge in [-0.3, -0.25) is 0 Å². The van der Waals surface area contributed by atoms with Crippen molar-refractivity contribution in [1.82, 2.24) is 0 Å². The second kappa shape index (κ2) is 6.46. The van der Waals surface area contributed by atoms with E-state index in [1.165, 1.54) is 12.8 Å². The molecule has 0 amide bonds. The summed E-state index contributed by atoms with van der Waals surface area (Å²) in [5.74, 6) is 0.317. The van der Waals surface area contributed by atoms with E-state index in [9.17, 15) is 8.42 Å². The van der Waals surface area contributed by atoms with E-state index in [0.717, 1.165) is 12.8 Å². The fraction of sp³-hybridized carbons (Fsp3) is 1.00. The van der Waals surface area contributed by atoms with Crippen molar-refractivity contribution in [2.45, 2.75) is 51.7 Å². The molecule has 0 aliphatic carbocycles. The molecule has 2 atom stereocenters. The lowest BCUT2D eigenvalue weighted by Gasteiger charge is -2.13. The van der Waals surface area contributed by atoms with Gasteiger partial charge in [-0.1, -0.05) is 33.1 Å². The van der Waals surface area contributed by atoms with Gasteiger partial charge in [0.05, 0.1) is 5.25 Å². The monoisotopic (exact) mass is 192 g/mol. The summed E-state index contributed by atoms with van der Waals surface area (Å²) in [6.07, 6.45) is 4.61. The highest BCUT2D eigenvalue weighted by Crippen LogP contribution is 2.14. The van der Waals surface area contributed by atoms with Gasteiger partial charge in [0.25, 0.3) is 0 Å². The molecule has 0 saturated carbocycles. The van der Waals surface area contributed by atoms with Crippen LogP contribution in [0, 0.1) is 5.92 Å². The van der Waals surface area contributed by atoms with Crippen LogP contribution in [0.25, 0.3) is 0 Å². The SMILES string of the molecule is CCCCCC(C)C(C)[SH](=O)=O. The van der Waals surface area contributed by atoms with Crippen molar-refractivity contribution in [1.29, 1.82) is 0 Å². The van der Waals surface area contributed by atoms with Crippen LogP contribution in [0.3, 0.4) is 0 Å². The Morgan fingerprint density at radius 1 is 1.17 bits per heavy atom. The van der Waals surface area contributed by atoms with Crippen molar-refractivity contribution >= 4 is 10.7 Å². The summed E-state index contributed by atoms with van der Waals surface area (Å²) in [6.45, 7) is 5.97. The third kappa shape index (κ3) is 4.75. The largest absolute Gasteiger partial charge is 0.232 e. The summed E-state index contributed by atoms with van der Waals surface area (Å²) < 4.78 is 21.2. The van der Waals surface area contributed by atoms with E-state index < -0.39 is 10.7 Å². The Morgan fingerprint density at radius 2 is 1.75 bits per heavy atom. The van der Waals surface area contributed by atoms with E-state index in [2.05, 4.69) is 6.92 Å². The normalized spacial score (nSPS) is 16.3. The molecule has 12 heavy (non-hydrogen) atoms.